The van der Waals surface area contributed by atoms with E-state index >= 15 is 0 Å². The number of amides is 2. The number of aryl methyl sites for hydroxylation is 1. The summed E-state index contributed by atoms with van der Waals surface area (Å²) in [6, 6.07) is 11.7. The second-order valence-electron chi connectivity index (χ2n) is 10.1. The van der Waals surface area contributed by atoms with Crippen molar-refractivity contribution in [3.63, 3.8) is 0 Å². The van der Waals surface area contributed by atoms with Crippen molar-refractivity contribution in [3.8, 4) is 5.75 Å². The summed E-state index contributed by atoms with van der Waals surface area (Å²) < 4.78 is 10.8. The lowest BCUT2D eigenvalue weighted by molar-refractivity contribution is 0.0827. The van der Waals surface area contributed by atoms with E-state index < -0.39 is 0 Å². The van der Waals surface area contributed by atoms with Gasteiger partial charge in [0.05, 0.1) is 19.3 Å². The number of rotatable bonds is 12. The molecule has 208 valence electrons. The van der Waals surface area contributed by atoms with Gasteiger partial charge in [-0.05, 0) is 74.6 Å². The van der Waals surface area contributed by atoms with Gasteiger partial charge in [0.15, 0.2) is 0 Å². The average molecular weight is 545 g/mol. The van der Waals surface area contributed by atoms with Crippen molar-refractivity contribution in [1.29, 1.82) is 0 Å². The van der Waals surface area contributed by atoms with Crippen LogP contribution in [0.4, 0.5) is 10.6 Å². The van der Waals surface area contributed by atoms with Crippen molar-refractivity contribution in [2.24, 2.45) is 5.92 Å². The molecule has 0 bridgehead atoms. The first kappa shape index (κ1) is 29.6. The van der Waals surface area contributed by atoms with Gasteiger partial charge < -0.3 is 24.2 Å². The molecule has 1 aliphatic rings. The van der Waals surface area contributed by atoms with Gasteiger partial charge in [0.2, 0.25) is 0 Å². The van der Waals surface area contributed by atoms with E-state index in [1.807, 2.05) is 24.3 Å². The van der Waals surface area contributed by atoms with Crippen molar-refractivity contribution in [2.45, 2.75) is 44.9 Å². The lowest BCUT2D eigenvalue weighted by Crippen LogP contribution is -2.35. The number of halogens is 1. The number of unbranched alkanes of at least 4 members (excludes halogenated alkanes) is 1. The minimum absolute atomic E-state index is 0.147. The normalized spacial score (nSPS) is 13.8. The first-order valence-corrected chi connectivity index (χ1v) is 13.8. The number of benzene rings is 1. The molecule has 2 amide bonds. The summed E-state index contributed by atoms with van der Waals surface area (Å²) in [4.78, 5) is 34.4. The first-order chi connectivity index (χ1) is 18.3. The van der Waals surface area contributed by atoms with Crippen molar-refractivity contribution >= 4 is 29.4 Å². The van der Waals surface area contributed by atoms with E-state index in [1.165, 1.54) is 10.5 Å². The van der Waals surface area contributed by atoms with Crippen LogP contribution in [0.1, 0.15) is 54.4 Å². The van der Waals surface area contributed by atoms with Crippen molar-refractivity contribution in [1.82, 2.24) is 14.8 Å². The molecule has 0 radical (unpaired) electrons. The van der Waals surface area contributed by atoms with Gasteiger partial charge in [-0.2, -0.15) is 0 Å². The number of methoxy groups -OCH3 is 1. The summed E-state index contributed by atoms with van der Waals surface area (Å²) in [5.41, 5.74) is 1.60. The summed E-state index contributed by atoms with van der Waals surface area (Å²) in [6.07, 6.45) is 6.58. The molecule has 1 aliphatic heterocycles. The zero-order chi connectivity index (χ0) is 27.5. The van der Waals surface area contributed by atoms with Crippen molar-refractivity contribution < 1.29 is 19.1 Å². The summed E-state index contributed by atoms with van der Waals surface area (Å²) in [5, 5.41) is 0.245. The molecule has 0 unspecified atom stereocenters. The van der Waals surface area contributed by atoms with Gasteiger partial charge in [0, 0.05) is 40.8 Å². The predicted octanol–water partition coefficient (Wildman–Crippen LogP) is 5.53. The van der Waals surface area contributed by atoms with Crippen LogP contribution < -0.4 is 9.64 Å². The highest BCUT2D eigenvalue weighted by Crippen LogP contribution is 2.27. The van der Waals surface area contributed by atoms with Crippen LogP contribution in [-0.4, -0.2) is 81.3 Å². The molecular weight excluding hydrogens is 504 g/mol. The SMILES string of the molecule is COc1ccccc1CCCCOC(=O)N(C)CCCC1CCN(c2ccc(C(=O)N(C)C)c(Cl)n2)CC1. The number of hydrogen-bond acceptors (Lipinski definition) is 6. The Morgan fingerprint density at radius 3 is 2.47 bits per heavy atom. The number of nitrogens with zero attached hydrogens (tertiary/aromatic N) is 4. The zero-order valence-corrected chi connectivity index (χ0v) is 23.9. The smallest absolute Gasteiger partial charge is 0.409 e. The number of para-hydroxylation sites is 1. The lowest BCUT2D eigenvalue weighted by Gasteiger charge is -2.33. The van der Waals surface area contributed by atoms with Crippen LogP contribution >= 0.6 is 11.6 Å². The highest BCUT2D eigenvalue weighted by molar-refractivity contribution is 6.32. The molecule has 38 heavy (non-hydrogen) atoms. The highest BCUT2D eigenvalue weighted by Gasteiger charge is 2.22. The Morgan fingerprint density at radius 1 is 1.05 bits per heavy atom. The maximum Gasteiger partial charge on any atom is 0.409 e. The van der Waals surface area contributed by atoms with E-state index in [0.29, 0.717) is 24.6 Å². The number of ether oxygens (including phenoxy) is 2. The van der Waals surface area contributed by atoms with Gasteiger partial charge in [-0.25, -0.2) is 9.78 Å². The van der Waals surface area contributed by atoms with E-state index in [0.717, 1.165) is 69.6 Å². The van der Waals surface area contributed by atoms with Crippen LogP contribution in [0.3, 0.4) is 0 Å². The topological polar surface area (TPSA) is 75.2 Å². The van der Waals surface area contributed by atoms with E-state index in [-0.39, 0.29) is 17.2 Å². The first-order valence-electron chi connectivity index (χ1n) is 13.4. The maximum absolute atomic E-state index is 12.3. The van der Waals surface area contributed by atoms with E-state index in [1.54, 1.807) is 39.2 Å². The number of anilines is 1. The van der Waals surface area contributed by atoms with E-state index in [4.69, 9.17) is 21.1 Å². The van der Waals surface area contributed by atoms with Gasteiger partial charge in [-0.15, -0.1) is 0 Å². The molecule has 0 N–H and O–H groups in total. The van der Waals surface area contributed by atoms with Crippen LogP contribution in [-0.2, 0) is 11.2 Å². The Morgan fingerprint density at radius 2 is 1.79 bits per heavy atom. The van der Waals surface area contributed by atoms with Crippen molar-refractivity contribution in [3.05, 3.63) is 52.7 Å². The van der Waals surface area contributed by atoms with Crippen LogP contribution in [0.25, 0.3) is 0 Å². The molecule has 1 fully saturated rings. The number of carbonyl (C=O) groups is 2. The maximum atomic E-state index is 12.3. The van der Waals surface area contributed by atoms with Gasteiger partial charge >= 0.3 is 6.09 Å². The molecule has 3 rings (SSSR count). The highest BCUT2D eigenvalue weighted by atomic mass is 35.5. The number of piperidine rings is 1. The molecular formula is C29H41ClN4O4. The summed E-state index contributed by atoms with van der Waals surface area (Å²) >= 11 is 6.29. The molecule has 0 aliphatic carbocycles. The third kappa shape index (κ3) is 8.51. The number of aromatic nitrogens is 1. The monoisotopic (exact) mass is 544 g/mol. The van der Waals surface area contributed by atoms with Crippen LogP contribution in [0.5, 0.6) is 5.75 Å². The van der Waals surface area contributed by atoms with Crippen LogP contribution in [0.2, 0.25) is 5.15 Å². The molecule has 2 aromatic rings. The molecule has 2 heterocycles. The molecule has 0 saturated carbocycles. The predicted molar refractivity (Wildman–Crippen MR) is 151 cm³/mol. The second kappa shape index (κ2) is 14.8. The minimum atomic E-state index is -0.253. The Labute approximate surface area is 231 Å². The third-order valence-electron chi connectivity index (χ3n) is 7.09. The lowest BCUT2D eigenvalue weighted by atomic mass is 9.92. The van der Waals surface area contributed by atoms with Crippen LogP contribution in [0, 0.1) is 5.92 Å². The molecule has 9 heteroatoms. The quantitative estimate of drug-likeness (QED) is 0.258. The van der Waals surface area contributed by atoms with Gasteiger partial charge in [0.1, 0.15) is 16.7 Å². The Bertz CT molecular complexity index is 1060. The number of hydrogen-bond donors (Lipinski definition) is 0. The summed E-state index contributed by atoms with van der Waals surface area (Å²) in [5.74, 6) is 2.19. The van der Waals surface area contributed by atoms with Gasteiger partial charge in [-0.3, -0.25) is 4.79 Å². The fourth-order valence-corrected chi connectivity index (χ4v) is 4.99. The Balaban J connectivity index is 1.29. The van der Waals surface area contributed by atoms with E-state index in [2.05, 4.69) is 16.0 Å². The fourth-order valence-electron chi connectivity index (χ4n) is 4.76. The summed E-state index contributed by atoms with van der Waals surface area (Å²) in [6.45, 7) is 2.93. The molecule has 0 atom stereocenters. The molecule has 0 spiro atoms. The third-order valence-corrected chi connectivity index (χ3v) is 7.37. The van der Waals surface area contributed by atoms with E-state index in [9.17, 15) is 9.59 Å². The minimum Gasteiger partial charge on any atom is -0.496 e. The number of pyridine rings is 1. The standard InChI is InChI=1S/C29H41ClN4O4/c1-32(2)28(35)24-14-15-26(31-27(24)30)34-19-16-22(17-20-34)10-9-18-33(3)29(36)38-21-8-7-12-23-11-5-6-13-25(23)37-4/h5-6,11,13-15,22H,7-10,12,16-21H2,1-4H3. The summed E-state index contributed by atoms with van der Waals surface area (Å²) in [7, 11) is 6.89. The zero-order valence-electron chi connectivity index (χ0n) is 23.1. The fraction of sp³-hybridized carbons (Fsp3) is 0.552. The average Bonchev–Trinajstić information content (AvgIpc) is 2.92. The number of carbonyl (C=O) groups excluding carboxylic acids is 2. The van der Waals surface area contributed by atoms with Gasteiger partial charge in [-0.1, -0.05) is 29.8 Å². The molecule has 1 saturated heterocycles. The Hall–Kier alpha value is -3.00. The Kier molecular flexibility index (Phi) is 11.5. The molecule has 1 aromatic carbocycles. The largest absolute Gasteiger partial charge is 0.496 e. The molecule has 8 nitrogen and oxygen atoms in total. The molecule has 1 aromatic heterocycles. The van der Waals surface area contributed by atoms with Gasteiger partial charge in [0.25, 0.3) is 5.91 Å². The second-order valence-corrected chi connectivity index (χ2v) is 10.4. The van der Waals surface area contributed by atoms with Crippen molar-refractivity contribution in [2.75, 3.05) is 59.4 Å². The van der Waals surface area contributed by atoms with Crippen LogP contribution in [0.15, 0.2) is 36.4 Å².